The average molecular weight is 1950 g/mol. The molecule has 16 atom stereocenters. The average Bonchev–Trinajstić information content (AvgIpc) is 0.853. The number of hydrogen-bond acceptors (Lipinski definition) is 25. The molecular formula is C96H187N25O16. The fourth-order valence-electron chi connectivity index (χ4n) is 15.7. The number of amides is 16. The summed E-state index contributed by atoms with van der Waals surface area (Å²) in [6.07, 6.45) is 8.66. The predicted molar refractivity (Wildman–Crippen MR) is 535 cm³/mol. The van der Waals surface area contributed by atoms with E-state index in [1.807, 2.05) is 111 Å². The molecule has 137 heavy (non-hydrogen) atoms. The van der Waals surface area contributed by atoms with Gasteiger partial charge in [0.2, 0.25) is 94.5 Å². The third-order valence-corrected chi connectivity index (χ3v) is 23.1. The van der Waals surface area contributed by atoms with Crippen molar-refractivity contribution in [1.29, 1.82) is 0 Å². The molecule has 0 aliphatic carbocycles. The van der Waals surface area contributed by atoms with Gasteiger partial charge in [-0.1, -0.05) is 117 Å². The first-order valence-corrected chi connectivity index (χ1v) is 50.9. The van der Waals surface area contributed by atoms with Gasteiger partial charge in [-0.25, -0.2) is 0 Å². The van der Waals surface area contributed by atoms with Crippen molar-refractivity contribution >= 4 is 94.5 Å². The number of hydrogen-bond donors (Lipinski definition) is 25. The van der Waals surface area contributed by atoms with E-state index in [-0.39, 0.29) is 183 Å². The Labute approximate surface area is 817 Å². The van der Waals surface area contributed by atoms with Gasteiger partial charge >= 0.3 is 0 Å². The lowest BCUT2D eigenvalue weighted by molar-refractivity contribution is -0.137. The van der Waals surface area contributed by atoms with Gasteiger partial charge in [0.05, 0.1) is 6.04 Å². The van der Waals surface area contributed by atoms with Gasteiger partial charge in [0.25, 0.3) is 0 Å². The fraction of sp³-hybridized carbons (Fsp3) is 0.833. The summed E-state index contributed by atoms with van der Waals surface area (Å²) in [5, 5.41) is 42.3. The number of primary amides is 1. The highest BCUT2D eigenvalue weighted by Gasteiger charge is 2.40. The van der Waals surface area contributed by atoms with Gasteiger partial charge in [0, 0.05) is 0 Å². The van der Waals surface area contributed by atoms with Crippen molar-refractivity contribution in [3.8, 4) is 0 Å². The second kappa shape index (κ2) is 73.3. The van der Waals surface area contributed by atoms with Crippen molar-refractivity contribution in [2.45, 2.75) is 413 Å². The second-order valence-corrected chi connectivity index (χ2v) is 40.2. The van der Waals surface area contributed by atoms with E-state index in [9.17, 15) is 76.7 Å². The quantitative estimate of drug-likeness (QED) is 0.0368. The topological polar surface area (TPSA) is 714 Å². The van der Waals surface area contributed by atoms with Crippen LogP contribution in [0.2, 0.25) is 0 Å². The van der Waals surface area contributed by atoms with Crippen molar-refractivity contribution in [3.63, 3.8) is 0 Å². The van der Waals surface area contributed by atoms with Crippen LogP contribution < -0.4 is 137 Å². The summed E-state index contributed by atoms with van der Waals surface area (Å²) < 4.78 is 0. The van der Waals surface area contributed by atoms with E-state index in [2.05, 4.69) is 79.8 Å². The van der Waals surface area contributed by atoms with Gasteiger partial charge in [0.15, 0.2) is 0 Å². The SMILES string of the molecule is CC(C)C[C@H](NC(=O)[C@H](CC(C)C)NC(=O)[C@H](CCCCN)NC(=O)[C@H](CCCCN)NC(=O)[C@H](CC(C)C)NC(=O)[C@H](CC(C)C)NC(=O)[C@H](CCCCN)NC(=O)[C@H](CCCCN)NC(=O)[C@H](CC(C)C)NC(=O)[C@H](CC(C)C)NC(=O)[C@H](CCCCN)NC(=O)[C@H](CCCCN)NC(=O)[C@H](CC(C)C)NC(=O)[C@H](CC(C)C)NC(=O)[C@@H](N)CCCCN)C(=O)N[C@@H](CCCCN)C(N)=O. The lowest BCUT2D eigenvalue weighted by atomic mass is 9.98. The summed E-state index contributed by atoms with van der Waals surface area (Å²) in [6, 6.07) is -19.6. The molecule has 16 amide bonds. The van der Waals surface area contributed by atoms with Crippen LogP contribution >= 0.6 is 0 Å². The zero-order valence-electron chi connectivity index (χ0n) is 85.9. The van der Waals surface area contributed by atoms with Crippen LogP contribution in [0.15, 0.2) is 0 Å². The Morgan fingerprint density at radius 3 is 0.401 bits per heavy atom. The largest absolute Gasteiger partial charge is 0.368 e. The first-order chi connectivity index (χ1) is 64.7. The van der Waals surface area contributed by atoms with Crippen LogP contribution in [0, 0.1) is 47.3 Å². The highest BCUT2D eigenvalue weighted by atomic mass is 16.2. The molecule has 0 radical (unpaired) electrons. The van der Waals surface area contributed by atoms with E-state index in [4.69, 9.17) is 57.3 Å². The van der Waals surface area contributed by atoms with Crippen molar-refractivity contribution < 1.29 is 76.7 Å². The van der Waals surface area contributed by atoms with Crippen molar-refractivity contribution in [2.24, 2.45) is 105 Å². The lowest BCUT2D eigenvalue weighted by Crippen LogP contribution is -2.61. The maximum Gasteiger partial charge on any atom is 0.243 e. The Morgan fingerprint density at radius 2 is 0.270 bits per heavy atom. The molecule has 0 aromatic heterocycles. The number of nitrogens with two attached hydrogens (primary N) is 10. The van der Waals surface area contributed by atoms with E-state index in [0.717, 1.165) is 0 Å². The Bertz CT molecular complexity index is 3540. The standard InChI is InChI=1S/C96H187N25O16/c1-57(2)49-73(114-82(123)65(105)33-17-25-41-97)93(134)119-75(51-59(5)6)90(131)111-67(35-19-27-43-99)83(124)109-71(39-23-31-47-103)87(128)116-79(55-63(13)14)95(136)121-77(53-61(9)10)92(133)113-69(37-21-29-45-101)85(126)110-72(40-24-32-48-104)88(129)117-80(56-64(15)16)96(137)120-76(52-60(7)8)91(132)112-68(36-20-28-44-100)84(125)108-70(38-22-30-46-102)86(127)115-78(54-62(11)12)94(135)118-74(50-58(3)4)89(130)107-66(81(106)122)34-18-26-42-98/h57-80H,17-56,97-105H2,1-16H3,(H2,106,122)(H,107,130)(H,108,125)(H,109,124)(H,110,126)(H,111,131)(H,112,132)(H,113,133)(H,114,123)(H,115,127)(H,116,128)(H,117,129)(H,118,135)(H,119,134)(H,120,137)(H,121,136)/t65-,66-,67-,68-,69-,70-,71-,72-,73-,74-,75-,76-,77-,78-,79-,80-/m0/s1. The minimum Gasteiger partial charge on any atom is -0.368 e. The summed E-state index contributed by atoms with van der Waals surface area (Å²) >= 11 is 0. The van der Waals surface area contributed by atoms with Gasteiger partial charge in [-0.3, -0.25) is 76.7 Å². The molecular weight excluding hydrogens is 1760 g/mol. The third kappa shape index (κ3) is 56.9. The van der Waals surface area contributed by atoms with E-state index >= 15 is 0 Å². The summed E-state index contributed by atoms with van der Waals surface area (Å²) in [6.45, 7) is 31.7. The fourth-order valence-corrected chi connectivity index (χ4v) is 15.7. The number of carbonyl (C=O) groups is 16. The van der Waals surface area contributed by atoms with Gasteiger partial charge in [-0.15, -0.1) is 0 Å². The first kappa shape index (κ1) is 128. The number of nitrogens with one attached hydrogen (secondary N) is 15. The molecule has 0 fully saturated rings. The Morgan fingerprint density at radius 1 is 0.161 bits per heavy atom. The molecule has 41 nitrogen and oxygen atoms in total. The van der Waals surface area contributed by atoms with Gasteiger partial charge < -0.3 is 137 Å². The summed E-state index contributed by atoms with van der Waals surface area (Å²) in [7, 11) is 0. The monoisotopic (exact) mass is 1950 g/mol. The Hall–Kier alpha value is -8.84. The van der Waals surface area contributed by atoms with Crippen LogP contribution in [0.4, 0.5) is 0 Å². The normalized spacial score (nSPS) is 15.2. The summed E-state index contributed by atoms with van der Waals surface area (Å²) in [4.78, 5) is 231. The third-order valence-electron chi connectivity index (χ3n) is 23.1. The summed E-state index contributed by atoms with van der Waals surface area (Å²) in [5.41, 5.74) is 58.9. The number of rotatable bonds is 79. The highest BCUT2D eigenvalue weighted by Crippen LogP contribution is 2.20. The maximum atomic E-state index is 15.0. The van der Waals surface area contributed by atoms with Crippen LogP contribution in [0.25, 0.3) is 0 Å². The van der Waals surface area contributed by atoms with E-state index in [1.54, 1.807) is 0 Å². The van der Waals surface area contributed by atoms with Gasteiger partial charge in [-0.05, 0) is 299 Å². The highest BCUT2D eigenvalue weighted by molar-refractivity contribution is 6.01. The predicted octanol–water partition coefficient (Wildman–Crippen LogP) is 0.472. The zero-order chi connectivity index (χ0) is 104. The first-order valence-electron chi connectivity index (χ1n) is 50.9. The van der Waals surface area contributed by atoms with Gasteiger partial charge in [-0.2, -0.15) is 0 Å². The maximum absolute atomic E-state index is 15.0. The molecule has 0 heterocycles. The number of unbranched alkanes of at least 4 members (excludes halogenated alkanes) is 8. The van der Waals surface area contributed by atoms with Crippen LogP contribution in [0.3, 0.4) is 0 Å². The molecule has 0 saturated heterocycles. The van der Waals surface area contributed by atoms with Crippen LogP contribution in [0.5, 0.6) is 0 Å². The molecule has 0 aliphatic rings. The van der Waals surface area contributed by atoms with Gasteiger partial charge in [0.1, 0.15) is 90.6 Å². The molecule has 41 heteroatoms. The molecule has 792 valence electrons. The van der Waals surface area contributed by atoms with E-state index < -0.39 is 191 Å². The van der Waals surface area contributed by atoms with Crippen LogP contribution in [-0.4, -0.2) is 244 Å². The zero-order valence-corrected chi connectivity index (χ0v) is 85.9. The minimum atomic E-state index is -1.34. The van der Waals surface area contributed by atoms with Crippen LogP contribution in [-0.2, 0) is 76.7 Å². The smallest absolute Gasteiger partial charge is 0.243 e. The summed E-state index contributed by atoms with van der Waals surface area (Å²) in [5.74, 6) is -13.1. The minimum absolute atomic E-state index is 0.00970. The van der Waals surface area contributed by atoms with Crippen molar-refractivity contribution in [2.75, 3.05) is 52.4 Å². The van der Waals surface area contributed by atoms with Crippen molar-refractivity contribution in [3.05, 3.63) is 0 Å². The molecule has 35 N–H and O–H groups in total. The molecule has 0 spiro atoms. The molecule has 0 rings (SSSR count). The molecule has 0 bridgehead atoms. The molecule has 0 saturated carbocycles. The molecule has 0 aliphatic heterocycles. The molecule has 0 unspecified atom stereocenters. The van der Waals surface area contributed by atoms with Crippen LogP contribution in [0.1, 0.15) is 316 Å². The van der Waals surface area contributed by atoms with E-state index in [0.29, 0.717) is 122 Å². The van der Waals surface area contributed by atoms with Crippen molar-refractivity contribution in [1.82, 2.24) is 79.8 Å². The van der Waals surface area contributed by atoms with E-state index in [1.165, 1.54) is 0 Å². The molecule has 0 aromatic rings. The molecule has 0 aromatic carbocycles. The Kier molecular flexibility index (Phi) is 68.6. The second-order valence-electron chi connectivity index (χ2n) is 40.2. The Balaban J connectivity index is 7.54. The number of carbonyl (C=O) groups excluding carboxylic acids is 16. The lowest BCUT2D eigenvalue weighted by Gasteiger charge is -2.30.